The maximum absolute atomic E-state index is 13.5. The fourth-order valence-electron chi connectivity index (χ4n) is 5.09. The Hall–Kier alpha value is -3.88. The molecule has 0 radical (unpaired) electrons. The quantitative estimate of drug-likeness (QED) is 0.492. The van der Waals surface area contributed by atoms with Crippen LogP contribution in [-0.2, 0) is 6.54 Å². The maximum Gasteiger partial charge on any atom is 0.254 e. The number of hydrogen-bond acceptors (Lipinski definition) is 3. The van der Waals surface area contributed by atoms with E-state index < -0.39 is 18.9 Å². The van der Waals surface area contributed by atoms with Gasteiger partial charge in [-0.05, 0) is 41.0 Å². The summed E-state index contributed by atoms with van der Waals surface area (Å²) in [4.78, 5) is 19.3. The summed E-state index contributed by atoms with van der Waals surface area (Å²) in [5.41, 5.74) is 12.1. The largest absolute Gasteiger partial charge is 0.331 e. The maximum atomic E-state index is 13.5. The van der Waals surface area contributed by atoms with Crippen molar-refractivity contribution in [3.63, 3.8) is 0 Å². The summed E-state index contributed by atoms with van der Waals surface area (Å²) < 4.78 is 26.5. The number of amides is 1. The minimum atomic E-state index is -2.62. The normalized spacial score (nSPS) is 20.7. The number of imidazole rings is 1. The summed E-state index contributed by atoms with van der Waals surface area (Å²) in [6.07, 6.45) is 6.24. The summed E-state index contributed by atoms with van der Waals surface area (Å²) >= 11 is 0. The molecule has 3 heterocycles. The van der Waals surface area contributed by atoms with Crippen LogP contribution in [0.1, 0.15) is 55.5 Å². The lowest BCUT2D eigenvalue weighted by Crippen LogP contribution is -2.30. The molecule has 156 valence electrons. The summed E-state index contributed by atoms with van der Waals surface area (Å²) in [5, 5.41) is 0. The van der Waals surface area contributed by atoms with Crippen molar-refractivity contribution in [2.24, 2.45) is 5.73 Å². The molecule has 5 heteroatoms. The average molecular weight is 422 g/mol. The van der Waals surface area contributed by atoms with Crippen LogP contribution in [0.4, 0.5) is 0 Å². The van der Waals surface area contributed by atoms with Crippen molar-refractivity contribution >= 4 is 16.9 Å². The van der Waals surface area contributed by atoms with Crippen molar-refractivity contribution in [2.45, 2.75) is 25.0 Å². The molecule has 2 atom stereocenters. The molecule has 0 saturated carbocycles. The molecule has 1 aromatic heterocycles. The van der Waals surface area contributed by atoms with Crippen LogP contribution in [0.2, 0.25) is 0 Å². The van der Waals surface area contributed by atoms with Crippen molar-refractivity contribution in [1.29, 1.82) is 0 Å². The molecule has 0 aliphatic carbocycles. The third-order valence-electron chi connectivity index (χ3n) is 6.65. The standard InChI is InChI=1S/C27H22N4O/c1-3-17-5-4-6-20-25(17)23-14-24(30(2)27(20)32)26-29-21-12-11-19(13-22(21)31(23)26)18-9-7-16(15-28)8-10-18/h1,4-13,23-24H,14-15,28H2,2H3/t23-,24-/m1/s1/i2D3. The second-order valence-electron chi connectivity index (χ2n) is 8.30. The van der Waals surface area contributed by atoms with Crippen LogP contribution in [0.3, 0.4) is 0 Å². The molecule has 0 saturated heterocycles. The van der Waals surface area contributed by atoms with E-state index in [0.717, 1.165) is 32.6 Å². The summed E-state index contributed by atoms with van der Waals surface area (Å²) in [6, 6.07) is 18.3. The zero-order chi connectivity index (χ0) is 24.5. The third-order valence-corrected chi connectivity index (χ3v) is 6.65. The van der Waals surface area contributed by atoms with Crippen LogP contribution in [0.15, 0.2) is 60.7 Å². The number of rotatable bonds is 2. The molecule has 0 fully saturated rings. The van der Waals surface area contributed by atoms with Gasteiger partial charge in [-0.3, -0.25) is 4.79 Å². The van der Waals surface area contributed by atoms with E-state index in [9.17, 15) is 4.79 Å². The molecular weight excluding hydrogens is 396 g/mol. The fraction of sp³-hybridized carbons (Fsp3) is 0.185. The Kier molecular flexibility index (Phi) is 3.37. The molecule has 3 aromatic carbocycles. The number of nitrogens with two attached hydrogens (primary N) is 1. The van der Waals surface area contributed by atoms with Crippen LogP contribution in [0, 0.1) is 12.3 Å². The van der Waals surface area contributed by atoms with Gasteiger partial charge in [0.1, 0.15) is 5.82 Å². The first-order valence-corrected chi connectivity index (χ1v) is 10.6. The van der Waals surface area contributed by atoms with Crippen molar-refractivity contribution < 1.29 is 8.91 Å². The number of aromatic nitrogens is 2. The van der Waals surface area contributed by atoms with Gasteiger partial charge in [0.15, 0.2) is 0 Å². The predicted molar refractivity (Wildman–Crippen MR) is 125 cm³/mol. The zero-order valence-corrected chi connectivity index (χ0v) is 17.2. The highest BCUT2D eigenvalue weighted by molar-refractivity contribution is 5.98. The molecule has 1 amide bonds. The summed E-state index contributed by atoms with van der Waals surface area (Å²) in [5.74, 6) is 2.74. The second-order valence-corrected chi connectivity index (χ2v) is 8.30. The monoisotopic (exact) mass is 421 g/mol. The first-order chi connectivity index (χ1) is 16.8. The van der Waals surface area contributed by atoms with Gasteiger partial charge >= 0.3 is 0 Å². The first kappa shape index (κ1) is 15.9. The molecular formula is C27H22N4O. The van der Waals surface area contributed by atoms with Gasteiger partial charge in [-0.2, -0.15) is 0 Å². The molecule has 5 nitrogen and oxygen atoms in total. The summed E-state index contributed by atoms with van der Waals surface area (Å²) in [6.45, 7) is -2.14. The Bertz CT molecular complexity index is 1550. The molecule has 0 spiro atoms. The van der Waals surface area contributed by atoms with Crippen molar-refractivity contribution in [3.05, 3.63) is 88.7 Å². The van der Waals surface area contributed by atoms with Crippen LogP contribution in [0.5, 0.6) is 0 Å². The van der Waals surface area contributed by atoms with Crippen molar-refractivity contribution in [1.82, 2.24) is 14.5 Å². The van der Waals surface area contributed by atoms with Crippen LogP contribution < -0.4 is 5.73 Å². The number of fused-ring (bicyclic) bond motifs is 9. The lowest BCUT2D eigenvalue weighted by atomic mass is 9.93. The SMILES string of the molecule is [2H]C([2H])([2H])N1C(=O)c2cccc(C#C)c2[C@H]2C[C@@H]1c1nc3ccc(-c4ccc(CN)cc4)cc3n12. The number of hydrogen-bond donors (Lipinski definition) is 1. The molecule has 4 aromatic rings. The lowest BCUT2D eigenvalue weighted by Gasteiger charge is -2.24. The minimum absolute atomic E-state index is 0.298. The van der Waals surface area contributed by atoms with Gasteiger partial charge in [-0.1, -0.05) is 42.3 Å². The van der Waals surface area contributed by atoms with E-state index in [1.54, 1.807) is 18.2 Å². The van der Waals surface area contributed by atoms with E-state index in [2.05, 4.69) is 16.6 Å². The van der Waals surface area contributed by atoms with Gasteiger partial charge in [0.05, 0.1) is 23.1 Å². The van der Waals surface area contributed by atoms with Crippen LogP contribution >= 0.6 is 0 Å². The average Bonchev–Trinajstić information content (AvgIpc) is 3.35. The van der Waals surface area contributed by atoms with Gasteiger partial charge in [-0.15, -0.1) is 6.42 Å². The number of carbonyl (C=O) groups excluding carboxylic acids is 1. The van der Waals surface area contributed by atoms with E-state index in [1.165, 1.54) is 0 Å². The molecule has 2 aliphatic heterocycles. The number of nitrogens with zero attached hydrogens (tertiary/aromatic N) is 3. The Morgan fingerprint density at radius 2 is 1.97 bits per heavy atom. The van der Waals surface area contributed by atoms with Gasteiger partial charge in [0, 0.05) is 40.7 Å². The molecule has 2 aliphatic rings. The molecule has 2 N–H and O–H groups in total. The van der Waals surface area contributed by atoms with E-state index >= 15 is 0 Å². The number of terminal acetylenes is 1. The lowest BCUT2D eigenvalue weighted by molar-refractivity contribution is 0.0734. The highest BCUT2D eigenvalue weighted by Crippen LogP contribution is 2.48. The molecule has 6 rings (SSSR count). The van der Waals surface area contributed by atoms with Gasteiger partial charge < -0.3 is 15.2 Å². The number of carbonyl (C=O) groups is 1. The fourth-order valence-corrected chi connectivity index (χ4v) is 5.09. The topological polar surface area (TPSA) is 64.2 Å². The van der Waals surface area contributed by atoms with Gasteiger partial charge in [0.2, 0.25) is 0 Å². The van der Waals surface area contributed by atoms with Gasteiger partial charge in [0.25, 0.3) is 5.91 Å². The van der Waals surface area contributed by atoms with Crippen LogP contribution in [0.25, 0.3) is 22.2 Å². The Morgan fingerprint density at radius 1 is 1.16 bits per heavy atom. The zero-order valence-electron chi connectivity index (χ0n) is 20.2. The smallest absolute Gasteiger partial charge is 0.254 e. The Morgan fingerprint density at radius 3 is 2.72 bits per heavy atom. The summed E-state index contributed by atoms with van der Waals surface area (Å²) in [7, 11) is 0. The molecule has 0 unspecified atom stereocenters. The first-order valence-electron chi connectivity index (χ1n) is 12.1. The van der Waals surface area contributed by atoms with E-state index in [0.29, 0.717) is 35.5 Å². The van der Waals surface area contributed by atoms with Gasteiger partial charge in [-0.25, -0.2) is 4.98 Å². The van der Waals surface area contributed by atoms with E-state index in [1.807, 2.05) is 36.4 Å². The Labute approximate surface area is 190 Å². The molecule has 32 heavy (non-hydrogen) atoms. The van der Waals surface area contributed by atoms with E-state index in [4.69, 9.17) is 21.3 Å². The predicted octanol–water partition coefficient (Wildman–Crippen LogP) is 4.26. The second kappa shape index (κ2) is 6.81. The van der Waals surface area contributed by atoms with Crippen molar-refractivity contribution in [3.8, 4) is 23.5 Å². The third kappa shape index (κ3) is 2.50. The van der Waals surface area contributed by atoms with E-state index in [-0.39, 0.29) is 6.04 Å². The molecule has 2 bridgehead atoms. The highest BCUT2D eigenvalue weighted by Gasteiger charge is 2.44. The van der Waals surface area contributed by atoms with Crippen molar-refractivity contribution in [2.75, 3.05) is 6.98 Å². The Balaban J connectivity index is 1.61. The highest BCUT2D eigenvalue weighted by atomic mass is 16.2. The van der Waals surface area contributed by atoms with Crippen LogP contribution in [-0.4, -0.2) is 27.3 Å². The number of benzene rings is 3. The minimum Gasteiger partial charge on any atom is -0.331 e.